The molecule has 0 aromatic heterocycles. The standard InChI is InChI=1S/C12H18ClFN2O/c1-8(5-6-17)16-11(7-15)12-9(13)3-2-4-10(12)14/h2-4,8,11,16-17H,5-7,15H2,1H3. The Morgan fingerprint density at radius 2 is 2.24 bits per heavy atom. The highest BCUT2D eigenvalue weighted by molar-refractivity contribution is 6.31. The van der Waals surface area contributed by atoms with E-state index in [1.807, 2.05) is 6.92 Å². The molecule has 0 heterocycles. The first-order valence-electron chi connectivity index (χ1n) is 5.61. The smallest absolute Gasteiger partial charge is 0.129 e. The Bertz CT molecular complexity index is 342. The van der Waals surface area contributed by atoms with Gasteiger partial charge in [0.1, 0.15) is 5.82 Å². The van der Waals surface area contributed by atoms with Gasteiger partial charge in [0.15, 0.2) is 0 Å². The summed E-state index contributed by atoms with van der Waals surface area (Å²) in [4.78, 5) is 0. The second-order valence-electron chi connectivity index (χ2n) is 4.00. The molecule has 0 aliphatic rings. The lowest BCUT2D eigenvalue weighted by Crippen LogP contribution is -2.36. The van der Waals surface area contributed by atoms with Crippen molar-refractivity contribution < 1.29 is 9.50 Å². The van der Waals surface area contributed by atoms with Crippen LogP contribution in [0.15, 0.2) is 18.2 Å². The third-order valence-corrected chi connectivity index (χ3v) is 2.96. The molecule has 96 valence electrons. The molecular weight excluding hydrogens is 243 g/mol. The number of aliphatic hydroxyl groups excluding tert-OH is 1. The Morgan fingerprint density at radius 1 is 1.53 bits per heavy atom. The molecule has 2 atom stereocenters. The van der Waals surface area contributed by atoms with Crippen molar-refractivity contribution in [3.8, 4) is 0 Å². The van der Waals surface area contributed by atoms with Gasteiger partial charge in [0.25, 0.3) is 0 Å². The number of hydrogen-bond acceptors (Lipinski definition) is 3. The van der Waals surface area contributed by atoms with Gasteiger partial charge in [-0.05, 0) is 25.5 Å². The molecule has 0 fully saturated rings. The molecule has 0 radical (unpaired) electrons. The summed E-state index contributed by atoms with van der Waals surface area (Å²) < 4.78 is 13.7. The maximum absolute atomic E-state index is 13.7. The highest BCUT2D eigenvalue weighted by Crippen LogP contribution is 2.25. The molecule has 1 aromatic carbocycles. The van der Waals surface area contributed by atoms with Crippen LogP contribution in [0.3, 0.4) is 0 Å². The number of aliphatic hydroxyl groups is 1. The minimum Gasteiger partial charge on any atom is -0.396 e. The molecule has 0 amide bonds. The van der Waals surface area contributed by atoms with Crippen LogP contribution in [0.4, 0.5) is 4.39 Å². The third kappa shape index (κ3) is 3.92. The van der Waals surface area contributed by atoms with Crippen molar-refractivity contribution in [2.24, 2.45) is 5.73 Å². The summed E-state index contributed by atoms with van der Waals surface area (Å²) in [6.07, 6.45) is 0.586. The van der Waals surface area contributed by atoms with Gasteiger partial charge in [-0.1, -0.05) is 17.7 Å². The van der Waals surface area contributed by atoms with Crippen LogP contribution in [0, 0.1) is 5.82 Å². The van der Waals surface area contributed by atoms with Gasteiger partial charge < -0.3 is 16.2 Å². The normalized spacial score (nSPS) is 14.6. The molecule has 2 unspecified atom stereocenters. The summed E-state index contributed by atoms with van der Waals surface area (Å²) in [5.41, 5.74) is 6.03. The van der Waals surface area contributed by atoms with Crippen molar-refractivity contribution in [3.05, 3.63) is 34.6 Å². The first-order chi connectivity index (χ1) is 8.10. The van der Waals surface area contributed by atoms with E-state index in [1.165, 1.54) is 6.07 Å². The van der Waals surface area contributed by atoms with Gasteiger partial charge in [0.05, 0.1) is 0 Å². The van der Waals surface area contributed by atoms with Crippen LogP contribution < -0.4 is 11.1 Å². The average Bonchev–Trinajstić information content (AvgIpc) is 2.27. The largest absolute Gasteiger partial charge is 0.396 e. The fourth-order valence-corrected chi connectivity index (χ4v) is 2.03. The lowest BCUT2D eigenvalue weighted by molar-refractivity contribution is 0.263. The summed E-state index contributed by atoms with van der Waals surface area (Å²) in [5, 5.41) is 12.4. The van der Waals surface area contributed by atoms with Crippen LogP contribution >= 0.6 is 11.6 Å². The quantitative estimate of drug-likeness (QED) is 0.732. The Hall–Kier alpha value is -0.680. The third-order valence-electron chi connectivity index (χ3n) is 2.63. The molecule has 1 aromatic rings. The van der Waals surface area contributed by atoms with Gasteiger partial charge in [-0.25, -0.2) is 4.39 Å². The minimum absolute atomic E-state index is 0.0456. The van der Waals surface area contributed by atoms with E-state index in [2.05, 4.69) is 5.32 Å². The Kier molecular flexibility index (Phi) is 5.85. The molecule has 1 rings (SSSR count). The molecule has 3 nitrogen and oxygen atoms in total. The van der Waals surface area contributed by atoms with Gasteiger partial charge in [0, 0.05) is 35.8 Å². The molecule has 0 aliphatic heterocycles. The zero-order valence-electron chi connectivity index (χ0n) is 9.79. The van der Waals surface area contributed by atoms with Gasteiger partial charge in [-0.15, -0.1) is 0 Å². The Morgan fingerprint density at radius 3 is 2.76 bits per heavy atom. The fourth-order valence-electron chi connectivity index (χ4n) is 1.73. The van der Waals surface area contributed by atoms with Crippen molar-refractivity contribution >= 4 is 11.6 Å². The fraction of sp³-hybridized carbons (Fsp3) is 0.500. The number of rotatable bonds is 6. The van der Waals surface area contributed by atoms with E-state index in [0.717, 1.165) is 0 Å². The molecule has 0 spiro atoms. The SMILES string of the molecule is CC(CCO)NC(CN)c1c(F)cccc1Cl. The topological polar surface area (TPSA) is 58.3 Å². The summed E-state index contributed by atoms with van der Waals surface area (Å²) in [6.45, 7) is 2.24. The van der Waals surface area contributed by atoms with Crippen LogP contribution in [0.5, 0.6) is 0 Å². The zero-order chi connectivity index (χ0) is 12.8. The van der Waals surface area contributed by atoms with Crippen molar-refractivity contribution in [2.75, 3.05) is 13.2 Å². The highest BCUT2D eigenvalue weighted by atomic mass is 35.5. The summed E-state index contributed by atoms with van der Waals surface area (Å²) in [7, 11) is 0. The number of nitrogens with two attached hydrogens (primary N) is 1. The molecule has 0 aliphatic carbocycles. The number of nitrogens with one attached hydrogen (secondary N) is 1. The van der Waals surface area contributed by atoms with Crippen molar-refractivity contribution in [2.45, 2.75) is 25.4 Å². The van der Waals surface area contributed by atoms with Gasteiger partial charge in [-0.3, -0.25) is 0 Å². The van der Waals surface area contributed by atoms with Gasteiger partial charge in [-0.2, -0.15) is 0 Å². The lowest BCUT2D eigenvalue weighted by atomic mass is 10.0. The van der Waals surface area contributed by atoms with E-state index in [-0.39, 0.29) is 31.1 Å². The second kappa shape index (κ2) is 6.91. The predicted molar refractivity (Wildman–Crippen MR) is 67.5 cm³/mol. The summed E-state index contributed by atoms with van der Waals surface area (Å²) in [5.74, 6) is -0.364. The van der Waals surface area contributed by atoms with E-state index in [0.29, 0.717) is 17.0 Å². The number of halogens is 2. The van der Waals surface area contributed by atoms with E-state index in [9.17, 15) is 4.39 Å². The number of hydrogen-bond donors (Lipinski definition) is 3. The number of benzene rings is 1. The monoisotopic (exact) mass is 260 g/mol. The van der Waals surface area contributed by atoms with Crippen LogP contribution in [0.25, 0.3) is 0 Å². The summed E-state index contributed by atoms with van der Waals surface area (Å²) >= 11 is 5.98. The maximum Gasteiger partial charge on any atom is 0.129 e. The molecule has 4 N–H and O–H groups in total. The van der Waals surface area contributed by atoms with Crippen LogP contribution in [-0.2, 0) is 0 Å². The minimum atomic E-state index is -0.364. The average molecular weight is 261 g/mol. The van der Waals surface area contributed by atoms with E-state index in [1.54, 1.807) is 12.1 Å². The molecular formula is C12H18ClFN2O. The molecule has 17 heavy (non-hydrogen) atoms. The van der Waals surface area contributed by atoms with Gasteiger partial charge in [0.2, 0.25) is 0 Å². The molecule has 0 bridgehead atoms. The second-order valence-corrected chi connectivity index (χ2v) is 4.41. The van der Waals surface area contributed by atoms with Crippen LogP contribution in [0.2, 0.25) is 5.02 Å². The van der Waals surface area contributed by atoms with Crippen molar-refractivity contribution in [3.63, 3.8) is 0 Å². The first kappa shape index (κ1) is 14.4. The van der Waals surface area contributed by atoms with E-state index in [4.69, 9.17) is 22.4 Å². The van der Waals surface area contributed by atoms with E-state index < -0.39 is 0 Å². The summed E-state index contributed by atoms with van der Waals surface area (Å²) in [6, 6.07) is 4.27. The Labute approximate surface area is 106 Å². The lowest BCUT2D eigenvalue weighted by Gasteiger charge is -2.23. The van der Waals surface area contributed by atoms with E-state index >= 15 is 0 Å². The highest BCUT2D eigenvalue weighted by Gasteiger charge is 2.19. The Balaban J connectivity index is 2.86. The first-order valence-corrected chi connectivity index (χ1v) is 5.98. The van der Waals surface area contributed by atoms with Gasteiger partial charge >= 0.3 is 0 Å². The molecule has 5 heteroatoms. The zero-order valence-corrected chi connectivity index (χ0v) is 10.5. The predicted octanol–water partition coefficient (Wildman–Crippen LogP) is 1.84. The van der Waals surface area contributed by atoms with Crippen molar-refractivity contribution in [1.29, 1.82) is 0 Å². The molecule has 0 saturated heterocycles. The van der Waals surface area contributed by atoms with Crippen LogP contribution in [0.1, 0.15) is 24.9 Å². The maximum atomic E-state index is 13.7. The van der Waals surface area contributed by atoms with Crippen LogP contribution in [-0.4, -0.2) is 24.3 Å². The van der Waals surface area contributed by atoms with Crippen molar-refractivity contribution in [1.82, 2.24) is 5.32 Å². The molecule has 0 saturated carbocycles.